The molecule has 3 rings (SSSR count). The third-order valence-corrected chi connectivity index (χ3v) is 9.05. The van der Waals surface area contributed by atoms with Crippen LogP contribution in [0.25, 0.3) is 0 Å². The van der Waals surface area contributed by atoms with Crippen molar-refractivity contribution in [2.24, 2.45) is 16.2 Å². The van der Waals surface area contributed by atoms with E-state index in [4.69, 9.17) is 0 Å². The van der Waals surface area contributed by atoms with Gasteiger partial charge in [0.25, 0.3) is 0 Å². The summed E-state index contributed by atoms with van der Waals surface area (Å²) in [5.41, 5.74) is 0.168. The van der Waals surface area contributed by atoms with Crippen LogP contribution in [0.1, 0.15) is 106 Å². The Bertz CT molecular complexity index is 698. The molecule has 2 aliphatic heterocycles. The molecule has 0 aromatic rings. The first-order valence-corrected chi connectivity index (χ1v) is 13.9. The fourth-order valence-electron chi connectivity index (χ4n) is 6.07. The zero-order chi connectivity index (χ0) is 25.1. The molecule has 3 unspecified atom stereocenters. The molecule has 6 heteroatoms. The molecule has 3 fully saturated rings. The van der Waals surface area contributed by atoms with Crippen molar-refractivity contribution in [1.82, 2.24) is 20.4 Å². The summed E-state index contributed by atoms with van der Waals surface area (Å²) in [6.45, 7) is 19.5. The molecule has 3 atom stereocenters. The highest BCUT2D eigenvalue weighted by Crippen LogP contribution is 2.40. The predicted molar refractivity (Wildman–Crippen MR) is 140 cm³/mol. The number of hydrogen-bond donors (Lipinski definition) is 2. The van der Waals surface area contributed by atoms with Gasteiger partial charge in [0.05, 0.1) is 0 Å². The molecule has 0 bridgehead atoms. The lowest BCUT2D eigenvalue weighted by molar-refractivity contribution is -0.137. The number of carbonyl (C=O) groups excluding carboxylic acids is 2. The minimum Gasteiger partial charge on any atom is -0.338 e. The van der Waals surface area contributed by atoms with Gasteiger partial charge in [-0.1, -0.05) is 60.8 Å². The quantitative estimate of drug-likeness (QED) is 0.556. The molecule has 0 aromatic carbocycles. The Kier molecular flexibility index (Phi) is 8.63. The van der Waals surface area contributed by atoms with Crippen LogP contribution < -0.4 is 10.6 Å². The Morgan fingerprint density at radius 3 is 2.06 bits per heavy atom. The van der Waals surface area contributed by atoms with Crippen LogP contribution >= 0.6 is 0 Å². The van der Waals surface area contributed by atoms with Gasteiger partial charge in [0.2, 0.25) is 5.91 Å². The van der Waals surface area contributed by atoms with Gasteiger partial charge in [0.15, 0.2) is 0 Å². The topological polar surface area (TPSA) is 64.7 Å². The number of piperidine rings is 1. The zero-order valence-corrected chi connectivity index (χ0v) is 23.1. The lowest BCUT2D eigenvalue weighted by Crippen LogP contribution is -2.61. The van der Waals surface area contributed by atoms with Gasteiger partial charge in [-0.05, 0) is 74.8 Å². The van der Waals surface area contributed by atoms with E-state index in [2.05, 4.69) is 64.0 Å². The minimum absolute atomic E-state index is 0.0225. The molecule has 2 heterocycles. The second-order valence-electron chi connectivity index (χ2n) is 13.7. The second kappa shape index (κ2) is 10.8. The summed E-state index contributed by atoms with van der Waals surface area (Å²) in [5, 5.41) is 6.52. The van der Waals surface area contributed by atoms with Crippen molar-refractivity contribution >= 4 is 11.9 Å². The molecule has 3 amide bonds. The number of hydrogen-bond acceptors (Lipinski definition) is 3. The summed E-state index contributed by atoms with van der Waals surface area (Å²) in [6, 6.07) is -0.355. The van der Waals surface area contributed by atoms with Crippen molar-refractivity contribution < 1.29 is 9.59 Å². The van der Waals surface area contributed by atoms with Crippen molar-refractivity contribution in [3.05, 3.63) is 0 Å². The van der Waals surface area contributed by atoms with Gasteiger partial charge in [0, 0.05) is 25.2 Å². The van der Waals surface area contributed by atoms with Gasteiger partial charge < -0.3 is 20.4 Å². The lowest BCUT2D eigenvalue weighted by atomic mass is 9.70. The van der Waals surface area contributed by atoms with Crippen LogP contribution in [0, 0.1) is 16.2 Å². The van der Waals surface area contributed by atoms with Crippen molar-refractivity contribution in [1.29, 1.82) is 0 Å². The number of nitrogens with zero attached hydrogens (tertiary/aromatic N) is 2. The van der Waals surface area contributed by atoms with Crippen molar-refractivity contribution in [3.8, 4) is 0 Å². The first kappa shape index (κ1) is 27.3. The smallest absolute Gasteiger partial charge is 0.315 e. The van der Waals surface area contributed by atoms with E-state index in [-0.39, 0.29) is 34.9 Å². The summed E-state index contributed by atoms with van der Waals surface area (Å²) in [5.74, 6) is 0.120. The molecule has 1 aliphatic carbocycles. The van der Waals surface area contributed by atoms with Crippen LogP contribution in [0.5, 0.6) is 0 Å². The summed E-state index contributed by atoms with van der Waals surface area (Å²) in [6.07, 6.45) is 9.99. The molecule has 196 valence electrons. The van der Waals surface area contributed by atoms with Crippen LogP contribution in [0.3, 0.4) is 0 Å². The standard InChI is InChI=1S/C28H52N4O2/c1-21-12-11-17-32(21)24(33)23(28(7)13-9-8-10-14-28)30-25(34)29-22(26(2,3)4)20-31-18-15-27(5,6)16-19-31/h21-23H,8-20H2,1-7H3,(H2,29,30,34). The van der Waals surface area contributed by atoms with Crippen LogP contribution in [0.4, 0.5) is 4.79 Å². The van der Waals surface area contributed by atoms with Gasteiger partial charge in [-0.15, -0.1) is 0 Å². The van der Waals surface area contributed by atoms with Crippen molar-refractivity contribution in [2.75, 3.05) is 26.2 Å². The minimum atomic E-state index is -0.454. The number of amides is 3. The molecular formula is C28H52N4O2. The van der Waals surface area contributed by atoms with Crippen LogP contribution in [-0.2, 0) is 4.79 Å². The number of rotatable bonds is 6. The van der Waals surface area contributed by atoms with Crippen molar-refractivity contribution in [2.45, 2.75) is 124 Å². The molecule has 2 saturated heterocycles. The summed E-state index contributed by atoms with van der Waals surface area (Å²) < 4.78 is 0. The van der Waals surface area contributed by atoms with Gasteiger partial charge in [-0.2, -0.15) is 0 Å². The number of carbonyl (C=O) groups is 2. The third-order valence-electron chi connectivity index (χ3n) is 9.05. The maximum atomic E-state index is 13.7. The number of likely N-dealkylation sites (tertiary alicyclic amines) is 2. The monoisotopic (exact) mass is 476 g/mol. The molecule has 1 saturated carbocycles. The highest BCUT2D eigenvalue weighted by molar-refractivity contribution is 5.88. The van der Waals surface area contributed by atoms with Crippen LogP contribution in [0.2, 0.25) is 0 Å². The lowest BCUT2D eigenvalue weighted by Gasteiger charge is -2.43. The molecule has 34 heavy (non-hydrogen) atoms. The van der Waals surface area contributed by atoms with Gasteiger partial charge in [0.1, 0.15) is 6.04 Å². The van der Waals surface area contributed by atoms with E-state index in [1.54, 1.807) is 0 Å². The first-order valence-electron chi connectivity index (χ1n) is 13.9. The zero-order valence-electron chi connectivity index (χ0n) is 23.1. The van der Waals surface area contributed by atoms with E-state index >= 15 is 0 Å². The van der Waals surface area contributed by atoms with Crippen LogP contribution in [-0.4, -0.2) is 66.0 Å². The Morgan fingerprint density at radius 2 is 1.53 bits per heavy atom. The van der Waals surface area contributed by atoms with E-state index < -0.39 is 6.04 Å². The van der Waals surface area contributed by atoms with E-state index in [1.165, 1.54) is 19.3 Å². The predicted octanol–water partition coefficient (Wildman–Crippen LogP) is 5.17. The van der Waals surface area contributed by atoms with E-state index in [0.717, 1.165) is 64.7 Å². The maximum Gasteiger partial charge on any atom is 0.315 e. The molecule has 0 aromatic heterocycles. The van der Waals surface area contributed by atoms with Gasteiger partial charge >= 0.3 is 6.03 Å². The SMILES string of the molecule is CC1CCCN1C(=O)C(NC(=O)NC(CN1CCC(C)(C)CC1)C(C)(C)C)C1(C)CCCCC1. The van der Waals surface area contributed by atoms with E-state index in [1.807, 2.05) is 4.90 Å². The van der Waals surface area contributed by atoms with Gasteiger partial charge in [-0.3, -0.25) is 4.79 Å². The average molecular weight is 477 g/mol. The summed E-state index contributed by atoms with van der Waals surface area (Å²) in [7, 11) is 0. The second-order valence-corrected chi connectivity index (χ2v) is 13.7. The average Bonchev–Trinajstić information content (AvgIpc) is 3.18. The Labute approximate surface area is 209 Å². The van der Waals surface area contributed by atoms with Crippen LogP contribution in [0.15, 0.2) is 0 Å². The summed E-state index contributed by atoms with van der Waals surface area (Å²) in [4.78, 5) is 31.7. The largest absolute Gasteiger partial charge is 0.338 e. The Balaban J connectivity index is 1.70. The molecule has 0 radical (unpaired) electrons. The molecule has 2 N–H and O–H groups in total. The molecular weight excluding hydrogens is 424 g/mol. The number of urea groups is 1. The Morgan fingerprint density at radius 1 is 0.912 bits per heavy atom. The fraction of sp³-hybridized carbons (Fsp3) is 0.929. The molecule has 3 aliphatic rings. The molecule has 6 nitrogen and oxygen atoms in total. The maximum absolute atomic E-state index is 13.7. The Hall–Kier alpha value is -1.30. The molecule has 0 spiro atoms. The highest BCUT2D eigenvalue weighted by atomic mass is 16.2. The van der Waals surface area contributed by atoms with Crippen molar-refractivity contribution in [3.63, 3.8) is 0 Å². The highest BCUT2D eigenvalue weighted by Gasteiger charge is 2.44. The number of nitrogens with one attached hydrogen (secondary N) is 2. The summed E-state index contributed by atoms with van der Waals surface area (Å²) >= 11 is 0. The first-order chi connectivity index (χ1) is 15.8. The fourth-order valence-corrected chi connectivity index (χ4v) is 6.07. The van der Waals surface area contributed by atoms with Gasteiger partial charge in [-0.25, -0.2) is 4.79 Å². The third kappa shape index (κ3) is 6.89. The van der Waals surface area contributed by atoms with E-state index in [0.29, 0.717) is 5.41 Å². The normalized spacial score (nSPS) is 27.1. The van der Waals surface area contributed by atoms with E-state index in [9.17, 15) is 9.59 Å².